The predicted molar refractivity (Wildman–Crippen MR) is 77.1 cm³/mol. The summed E-state index contributed by atoms with van der Waals surface area (Å²) in [6, 6.07) is 9.77. The molecule has 0 aromatic heterocycles. The molecule has 0 amide bonds. The van der Waals surface area contributed by atoms with Gasteiger partial charge in [0.1, 0.15) is 5.75 Å². The van der Waals surface area contributed by atoms with Crippen LogP contribution in [0, 0.1) is 6.92 Å². The summed E-state index contributed by atoms with van der Waals surface area (Å²) in [6.45, 7) is 1.69. The fourth-order valence-electron chi connectivity index (χ4n) is 1.91. The van der Waals surface area contributed by atoms with Crippen LogP contribution in [0.1, 0.15) is 21.5 Å². The second-order valence-corrected chi connectivity index (χ2v) is 4.53. The average Bonchev–Trinajstić information content (AvgIpc) is 2.49. The van der Waals surface area contributed by atoms with E-state index in [1.807, 2.05) is 0 Å². The van der Waals surface area contributed by atoms with Crippen LogP contribution in [0.3, 0.4) is 0 Å². The van der Waals surface area contributed by atoms with Crippen LogP contribution in [0.25, 0.3) is 0 Å². The van der Waals surface area contributed by atoms with E-state index in [1.165, 1.54) is 13.2 Å². The van der Waals surface area contributed by atoms with Crippen LogP contribution < -0.4 is 9.47 Å². The zero-order valence-electron chi connectivity index (χ0n) is 11.8. The minimum Gasteiger partial charge on any atom is -0.493 e. The highest BCUT2D eigenvalue weighted by Crippen LogP contribution is 2.34. The summed E-state index contributed by atoms with van der Waals surface area (Å²) < 4.78 is 11.0. The smallest absolute Gasteiger partial charge is 0.335 e. The molecule has 0 aliphatic heterocycles. The molecule has 0 atom stereocenters. The highest BCUT2D eigenvalue weighted by atomic mass is 16.5. The Hall–Kier alpha value is -2.53. The number of carboxylic acid groups (broad SMARTS) is 1. The summed E-state index contributed by atoms with van der Waals surface area (Å²) in [5, 5.41) is 18.1. The quantitative estimate of drug-likeness (QED) is 0.884. The third kappa shape index (κ3) is 3.32. The maximum Gasteiger partial charge on any atom is 0.335 e. The second kappa shape index (κ2) is 6.28. The first-order valence-electron chi connectivity index (χ1n) is 6.34. The number of hydrogen-bond donors (Lipinski definition) is 2. The van der Waals surface area contributed by atoms with E-state index in [4.69, 9.17) is 19.7 Å². The van der Waals surface area contributed by atoms with Crippen molar-refractivity contribution in [1.82, 2.24) is 0 Å². The molecule has 110 valence electrons. The van der Waals surface area contributed by atoms with Gasteiger partial charge in [-0.3, -0.25) is 0 Å². The highest BCUT2D eigenvalue weighted by Gasteiger charge is 2.10. The van der Waals surface area contributed by atoms with Crippen molar-refractivity contribution in [3.8, 4) is 17.2 Å². The van der Waals surface area contributed by atoms with Gasteiger partial charge in [-0.05, 0) is 48.4 Å². The molecular weight excluding hydrogens is 272 g/mol. The Bertz CT molecular complexity index is 664. The zero-order valence-corrected chi connectivity index (χ0v) is 11.8. The molecule has 2 rings (SSSR count). The van der Waals surface area contributed by atoms with Crippen molar-refractivity contribution in [2.45, 2.75) is 13.5 Å². The van der Waals surface area contributed by atoms with Gasteiger partial charge in [0.2, 0.25) is 0 Å². The number of aliphatic hydroxyl groups is 1. The van der Waals surface area contributed by atoms with E-state index < -0.39 is 5.97 Å². The van der Waals surface area contributed by atoms with Crippen molar-refractivity contribution in [3.63, 3.8) is 0 Å². The first-order chi connectivity index (χ1) is 10.0. The number of aromatic carboxylic acids is 1. The van der Waals surface area contributed by atoms with E-state index in [2.05, 4.69) is 0 Å². The lowest BCUT2D eigenvalue weighted by Gasteiger charge is -2.13. The van der Waals surface area contributed by atoms with Crippen LogP contribution in [0.15, 0.2) is 36.4 Å². The Kier molecular flexibility index (Phi) is 4.45. The molecule has 0 aliphatic carbocycles. The lowest BCUT2D eigenvalue weighted by molar-refractivity contribution is 0.0696. The molecule has 21 heavy (non-hydrogen) atoms. The Balaban J connectivity index is 2.32. The number of benzene rings is 2. The van der Waals surface area contributed by atoms with Gasteiger partial charge in [-0.15, -0.1) is 0 Å². The summed E-state index contributed by atoms with van der Waals surface area (Å²) in [5.41, 5.74) is 1.64. The number of carbonyl (C=O) groups is 1. The first-order valence-corrected chi connectivity index (χ1v) is 6.34. The monoisotopic (exact) mass is 288 g/mol. The summed E-state index contributed by atoms with van der Waals surface area (Å²) in [4.78, 5) is 10.9. The lowest BCUT2D eigenvalue weighted by atomic mass is 10.1. The van der Waals surface area contributed by atoms with Crippen LogP contribution >= 0.6 is 0 Å². The minimum atomic E-state index is -0.977. The summed E-state index contributed by atoms with van der Waals surface area (Å²) in [6.07, 6.45) is 0. The molecule has 0 aliphatic rings. The number of carboxylic acids is 1. The molecule has 0 spiro atoms. The fourth-order valence-corrected chi connectivity index (χ4v) is 1.91. The average molecular weight is 288 g/mol. The van der Waals surface area contributed by atoms with E-state index in [0.29, 0.717) is 22.8 Å². The molecule has 0 heterocycles. The molecule has 2 aromatic rings. The molecule has 5 heteroatoms. The molecule has 0 radical (unpaired) electrons. The van der Waals surface area contributed by atoms with E-state index in [1.54, 1.807) is 37.3 Å². The molecule has 0 bridgehead atoms. The Morgan fingerprint density at radius 3 is 2.38 bits per heavy atom. The van der Waals surface area contributed by atoms with Gasteiger partial charge in [0.25, 0.3) is 0 Å². The van der Waals surface area contributed by atoms with Crippen molar-refractivity contribution < 1.29 is 24.5 Å². The number of methoxy groups -OCH3 is 1. The zero-order chi connectivity index (χ0) is 15.4. The number of aryl methyl sites for hydroxylation is 1. The number of rotatable bonds is 5. The largest absolute Gasteiger partial charge is 0.493 e. The van der Waals surface area contributed by atoms with Crippen LogP contribution in [0.2, 0.25) is 0 Å². The van der Waals surface area contributed by atoms with Gasteiger partial charge in [-0.25, -0.2) is 4.79 Å². The van der Waals surface area contributed by atoms with Crippen LogP contribution in [0.5, 0.6) is 17.2 Å². The van der Waals surface area contributed by atoms with Gasteiger partial charge in [0.15, 0.2) is 11.5 Å². The van der Waals surface area contributed by atoms with Crippen molar-refractivity contribution in [2.75, 3.05) is 7.11 Å². The van der Waals surface area contributed by atoms with Crippen molar-refractivity contribution in [3.05, 3.63) is 53.1 Å². The molecule has 0 saturated carbocycles. The summed E-state index contributed by atoms with van der Waals surface area (Å²) in [5.74, 6) is 0.578. The van der Waals surface area contributed by atoms with Gasteiger partial charge in [-0.2, -0.15) is 0 Å². The molecular formula is C16H16O5. The van der Waals surface area contributed by atoms with E-state index in [-0.39, 0.29) is 12.2 Å². The van der Waals surface area contributed by atoms with Crippen LogP contribution in [0.4, 0.5) is 0 Å². The maximum atomic E-state index is 10.9. The van der Waals surface area contributed by atoms with E-state index in [0.717, 1.165) is 5.56 Å². The minimum absolute atomic E-state index is 0.0804. The standard InChI is InChI=1S/C16H16O5/c1-10-7-12(16(18)19)4-6-13(10)21-14-5-3-11(9-17)8-15(14)20-2/h3-8,17H,9H2,1-2H3,(H,18,19). The molecule has 5 nitrogen and oxygen atoms in total. The predicted octanol–water partition coefficient (Wildman–Crippen LogP) is 2.99. The number of aliphatic hydroxyl groups excluding tert-OH is 1. The summed E-state index contributed by atoms with van der Waals surface area (Å²) in [7, 11) is 1.52. The van der Waals surface area contributed by atoms with Crippen molar-refractivity contribution in [2.24, 2.45) is 0 Å². The maximum absolute atomic E-state index is 10.9. The third-order valence-corrected chi connectivity index (χ3v) is 3.05. The first kappa shape index (κ1) is 14.9. The van der Waals surface area contributed by atoms with Gasteiger partial charge in [0, 0.05) is 0 Å². The molecule has 0 saturated heterocycles. The van der Waals surface area contributed by atoms with Gasteiger partial charge < -0.3 is 19.7 Å². The molecule has 0 fully saturated rings. The number of hydrogen-bond acceptors (Lipinski definition) is 4. The van der Waals surface area contributed by atoms with E-state index >= 15 is 0 Å². The normalized spacial score (nSPS) is 10.2. The Labute approximate surface area is 122 Å². The molecule has 2 N–H and O–H groups in total. The number of ether oxygens (including phenoxy) is 2. The van der Waals surface area contributed by atoms with Gasteiger partial charge in [0.05, 0.1) is 19.3 Å². The second-order valence-electron chi connectivity index (χ2n) is 4.53. The Morgan fingerprint density at radius 2 is 1.81 bits per heavy atom. The van der Waals surface area contributed by atoms with E-state index in [9.17, 15) is 4.79 Å². The van der Waals surface area contributed by atoms with Gasteiger partial charge in [-0.1, -0.05) is 6.07 Å². The third-order valence-electron chi connectivity index (χ3n) is 3.05. The van der Waals surface area contributed by atoms with Crippen molar-refractivity contribution >= 4 is 5.97 Å². The van der Waals surface area contributed by atoms with Crippen LogP contribution in [-0.2, 0) is 6.61 Å². The molecule has 2 aromatic carbocycles. The summed E-state index contributed by atoms with van der Waals surface area (Å²) >= 11 is 0. The van der Waals surface area contributed by atoms with Crippen molar-refractivity contribution in [1.29, 1.82) is 0 Å². The highest BCUT2D eigenvalue weighted by molar-refractivity contribution is 5.88. The van der Waals surface area contributed by atoms with Gasteiger partial charge >= 0.3 is 5.97 Å². The SMILES string of the molecule is COc1cc(CO)ccc1Oc1ccc(C(=O)O)cc1C. The van der Waals surface area contributed by atoms with Crippen LogP contribution in [-0.4, -0.2) is 23.3 Å². The lowest BCUT2D eigenvalue weighted by Crippen LogP contribution is -1.98. The topological polar surface area (TPSA) is 76.0 Å². The fraction of sp³-hybridized carbons (Fsp3) is 0.188. The Morgan fingerprint density at radius 1 is 1.10 bits per heavy atom. The molecule has 0 unspecified atom stereocenters.